The van der Waals surface area contributed by atoms with Crippen LogP contribution in [0.5, 0.6) is 0 Å². The van der Waals surface area contributed by atoms with Crippen molar-refractivity contribution in [2.75, 3.05) is 25.9 Å². The van der Waals surface area contributed by atoms with Gasteiger partial charge in [0, 0.05) is 18.1 Å². The average Bonchev–Trinajstić information content (AvgIpc) is 2.41. The van der Waals surface area contributed by atoms with Crippen molar-refractivity contribution in [1.82, 2.24) is 9.62 Å². The molecule has 0 atom stereocenters. The summed E-state index contributed by atoms with van der Waals surface area (Å²) in [6.07, 6.45) is 1.71. The van der Waals surface area contributed by atoms with Crippen molar-refractivity contribution >= 4 is 26.0 Å². The molecule has 1 aromatic carbocycles. The van der Waals surface area contributed by atoms with E-state index in [2.05, 4.69) is 28.2 Å². The molecule has 0 bridgehead atoms. The Labute approximate surface area is 130 Å². The van der Waals surface area contributed by atoms with Crippen molar-refractivity contribution in [1.29, 1.82) is 0 Å². The van der Waals surface area contributed by atoms with E-state index in [1.807, 2.05) is 24.3 Å². The van der Waals surface area contributed by atoms with Crippen LogP contribution in [0, 0.1) is 0 Å². The van der Waals surface area contributed by atoms with E-state index in [1.165, 1.54) is 4.31 Å². The highest BCUT2D eigenvalue weighted by Crippen LogP contribution is 2.18. The summed E-state index contributed by atoms with van der Waals surface area (Å²) in [5.74, 6) is 0.185. The van der Waals surface area contributed by atoms with E-state index in [0.717, 1.165) is 29.5 Å². The molecule has 114 valence electrons. The lowest BCUT2D eigenvalue weighted by Gasteiger charge is -2.18. The lowest BCUT2D eigenvalue weighted by atomic mass is 10.2. The van der Waals surface area contributed by atoms with Crippen LogP contribution < -0.4 is 5.32 Å². The molecule has 0 fully saturated rings. The molecule has 20 heavy (non-hydrogen) atoms. The molecule has 0 spiro atoms. The molecule has 4 nitrogen and oxygen atoms in total. The zero-order chi connectivity index (χ0) is 15.0. The Kier molecular flexibility index (Phi) is 7.72. The molecule has 0 aliphatic carbocycles. The summed E-state index contributed by atoms with van der Waals surface area (Å²) in [4.78, 5) is 0. The Morgan fingerprint density at radius 3 is 2.60 bits per heavy atom. The Balaban J connectivity index is 2.48. The minimum Gasteiger partial charge on any atom is -0.317 e. The van der Waals surface area contributed by atoms with Gasteiger partial charge in [-0.2, -0.15) is 0 Å². The van der Waals surface area contributed by atoms with Gasteiger partial charge < -0.3 is 5.32 Å². The Hall–Kier alpha value is -0.430. The van der Waals surface area contributed by atoms with E-state index in [-0.39, 0.29) is 5.75 Å². The molecular weight excluding hydrogens is 340 g/mol. The third-order valence-electron chi connectivity index (χ3n) is 3.01. The fourth-order valence-electron chi connectivity index (χ4n) is 1.80. The molecule has 0 aliphatic rings. The van der Waals surface area contributed by atoms with Gasteiger partial charge in [0.2, 0.25) is 10.0 Å². The number of nitrogens with one attached hydrogen (secondary N) is 1. The minimum atomic E-state index is -3.19. The Bertz CT molecular complexity index is 506. The highest BCUT2D eigenvalue weighted by atomic mass is 79.9. The zero-order valence-corrected chi connectivity index (χ0v) is 14.5. The van der Waals surface area contributed by atoms with Crippen LogP contribution in [0.2, 0.25) is 0 Å². The Morgan fingerprint density at radius 1 is 1.25 bits per heavy atom. The number of hydrogen-bond donors (Lipinski definition) is 1. The molecule has 0 saturated carbocycles. The van der Waals surface area contributed by atoms with E-state index in [1.54, 1.807) is 7.05 Å². The van der Waals surface area contributed by atoms with Gasteiger partial charge in [-0.1, -0.05) is 41.1 Å². The van der Waals surface area contributed by atoms with Crippen molar-refractivity contribution in [2.24, 2.45) is 0 Å². The first kappa shape index (κ1) is 17.6. The van der Waals surface area contributed by atoms with E-state index in [4.69, 9.17) is 0 Å². The second-order valence-electron chi connectivity index (χ2n) is 4.77. The lowest BCUT2D eigenvalue weighted by Crippen LogP contribution is -2.30. The van der Waals surface area contributed by atoms with Crippen LogP contribution in [-0.4, -0.2) is 38.6 Å². The standard InChI is InChI=1S/C14H23BrN2O2S/c1-3-9-16-10-6-11-20(18,19)17(2)12-13-7-4-5-8-14(13)15/h4-5,7-8,16H,3,6,9-12H2,1-2H3. The van der Waals surface area contributed by atoms with Gasteiger partial charge in [0.15, 0.2) is 0 Å². The molecule has 0 aliphatic heterocycles. The summed E-state index contributed by atoms with van der Waals surface area (Å²) in [5.41, 5.74) is 0.975. The molecule has 0 radical (unpaired) electrons. The summed E-state index contributed by atoms with van der Waals surface area (Å²) in [6, 6.07) is 7.68. The van der Waals surface area contributed by atoms with Crippen molar-refractivity contribution in [3.8, 4) is 0 Å². The Morgan fingerprint density at radius 2 is 1.95 bits per heavy atom. The lowest BCUT2D eigenvalue weighted by molar-refractivity contribution is 0.463. The van der Waals surface area contributed by atoms with Crippen LogP contribution in [-0.2, 0) is 16.6 Å². The van der Waals surface area contributed by atoms with Crippen molar-refractivity contribution < 1.29 is 8.42 Å². The SMILES string of the molecule is CCCNCCCS(=O)(=O)N(C)Cc1ccccc1Br. The summed E-state index contributed by atoms with van der Waals surface area (Å²) >= 11 is 3.44. The smallest absolute Gasteiger partial charge is 0.214 e. The van der Waals surface area contributed by atoms with Crippen LogP contribution in [0.3, 0.4) is 0 Å². The van der Waals surface area contributed by atoms with Gasteiger partial charge in [0.05, 0.1) is 5.75 Å². The fraction of sp³-hybridized carbons (Fsp3) is 0.571. The van der Waals surface area contributed by atoms with Gasteiger partial charge in [0.1, 0.15) is 0 Å². The van der Waals surface area contributed by atoms with Gasteiger partial charge >= 0.3 is 0 Å². The van der Waals surface area contributed by atoms with E-state index < -0.39 is 10.0 Å². The van der Waals surface area contributed by atoms with Crippen LogP contribution in [0.25, 0.3) is 0 Å². The highest BCUT2D eigenvalue weighted by Gasteiger charge is 2.18. The van der Waals surface area contributed by atoms with Gasteiger partial charge in [-0.25, -0.2) is 12.7 Å². The topological polar surface area (TPSA) is 49.4 Å². The van der Waals surface area contributed by atoms with E-state index >= 15 is 0 Å². The molecular formula is C14H23BrN2O2S. The normalized spacial score (nSPS) is 12.0. The number of rotatable bonds is 9. The number of nitrogens with zero attached hydrogens (tertiary/aromatic N) is 1. The molecule has 1 rings (SSSR count). The third kappa shape index (κ3) is 5.91. The first-order valence-electron chi connectivity index (χ1n) is 6.85. The molecule has 0 aromatic heterocycles. The molecule has 0 unspecified atom stereocenters. The van der Waals surface area contributed by atoms with E-state index in [0.29, 0.717) is 13.0 Å². The molecule has 1 N–H and O–H groups in total. The summed E-state index contributed by atoms with van der Waals surface area (Å²) < 4.78 is 26.7. The quantitative estimate of drug-likeness (QED) is 0.686. The molecule has 0 amide bonds. The van der Waals surface area contributed by atoms with Crippen LogP contribution >= 0.6 is 15.9 Å². The second kappa shape index (κ2) is 8.77. The second-order valence-corrected chi connectivity index (χ2v) is 7.82. The maximum atomic E-state index is 12.2. The summed E-state index contributed by atoms with van der Waals surface area (Å²) in [7, 11) is -1.56. The van der Waals surface area contributed by atoms with Gasteiger partial charge in [0.25, 0.3) is 0 Å². The number of halogens is 1. The zero-order valence-electron chi connectivity index (χ0n) is 12.1. The monoisotopic (exact) mass is 362 g/mol. The van der Waals surface area contributed by atoms with Crippen LogP contribution in [0.1, 0.15) is 25.3 Å². The van der Waals surface area contributed by atoms with Crippen molar-refractivity contribution in [2.45, 2.75) is 26.3 Å². The predicted molar refractivity (Wildman–Crippen MR) is 87.2 cm³/mol. The van der Waals surface area contributed by atoms with Crippen LogP contribution in [0.15, 0.2) is 28.7 Å². The number of sulfonamides is 1. The average molecular weight is 363 g/mol. The predicted octanol–water partition coefficient (Wildman–Crippen LogP) is 2.60. The first-order chi connectivity index (χ1) is 9.47. The molecule has 0 saturated heterocycles. The van der Waals surface area contributed by atoms with Crippen molar-refractivity contribution in [3.63, 3.8) is 0 Å². The summed E-state index contributed by atoms with van der Waals surface area (Å²) in [5, 5.41) is 3.21. The molecule has 0 heterocycles. The van der Waals surface area contributed by atoms with Crippen molar-refractivity contribution in [3.05, 3.63) is 34.3 Å². The highest BCUT2D eigenvalue weighted by molar-refractivity contribution is 9.10. The first-order valence-corrected chi connectivity index (χ1v) is 9.25. The maximum Gasteiger partial charge on any atom is 0.214 e. The van der Waals surface area contributed by atoms with Crippen LogP contribution in [0.4, 0.5) is 0 Å². The molecule has 1 aromatic rings. The van der Waals surface area contributed by atoms with Gasteiger partial charge in [-0.05, 0) is 37.6 Å². The summed E-state index contributed by atoms with van der Waals surface area (Å²) in [6.45, 7) is 4.17. The third-order valence-corrected chi connectivity index (χ3v) is 5.67. The maximum absolute atomic E-state index is 12.2. The largest absolute Gasteiger partial charge is 0.317 e. The number of hydrogen-bond acceptors (Lipinski definition) is 3. The van der Waals surface area contributed by atoms with Gasteiger partial charge in [-0.15, -0.1) is 0 Å². The number of benzene rings is 1. The van der Waals surface area contributed by atoms with Gasteiger partial charge in [-0.3, -0.25) is 0 Å². The molecule has 6 heteroatoms. The fourth-order valence-corrected chi connectivity index (χ4v) is 3.37. The minimum absolute atomic E-state index is 0.185. The van der Waals surface area contributed by atoms with E-state index in [9.17, 15) is 8.42 Å².